The topological polar surface area (TPSA) is 48.0 Å². The molecule has 4 rings (SSSR count). The molecule has 0 radical (unpaired) electrons. The van der Waals surface area contributed by atoms with Crippen LogP contribution < -0.4 is 14.2 Å². The van der Waals surface area contributed by atoms with Gasteiger partial charge in [-0.25, -0.2) is 0 Å². The summed E-state index contributed by atoms with van der Waals surface area (Å²) in [5.74, 6) is 2.24. The molecule has 5 nitrogen and oxygen atoms in total. The molecule has 2 aromatic carbocycles. The summed E-state index contributed by atoms with van der Waals surface area (Å²) in [5, 5.41) is 0. The number of ether oxygens (including phenoxy) is 3. The van der Waals surface area contributed by atoms with Gasteiger partial charge in [0.05, 0.1) is 6.54 Å². The Kier molecular flexibility index (Phi) is 3.76. The number of nitrogens with zero attached hydrogens (tertiary/aromatic N) is 1. The lowest BCUT2D eigenvalue weighted by Gasteiger charge is -2.30. The number of hydrogen-bond donors (Lipinski definition) is 0. The molecule has 0 bridgehead atoms. The van der Waals surface area contributed by atoms with Gasteiger partial charge in [-0.1, -0.05) is 30.3 Å². The number of para-hydroxylation sites is 3. The van der Waals surface area contributed by atoms with Crippen molar-refractivity contribution >= 4 is 5.91 Å². The summed E-state index contributed by atoms with van der Waals surface area (Å²) >= 11 is 0. The fourth-order valence-electron chi connectivity index (χ4n) is 3.11. The van der Waals surface area contributed by atoms with E-state index in [1.165, 1.54) is 0 Å². The second-order valence-electron chi connectivity index (χ2n) is 6.13. The standard InChI is InChI=1S/C19H19NO4/c1-20(11-14-12-22-16-8-4-5-9-17(16)23-14)19(21)18-10-13-6-2-3-7-15(13)24-18/h2-9,14,18H,10-12H2,1H3/t14-,18+/m1/s1. The van der Waals surface area contributed by atoms with Gasteiger partial charge in [-0.15, -0.1) is 0 Å². The van der Waals surface area contributed by atoms with E-state index in [2.05, 4.69) is 0 Å². The van der Waals surface area contributed by atoms with Gasteiger partial charge in [-0.2, -0.15) is 0 Å². The first-order chi connectivity index (χ1) is 11.7. The van der Waals surface area contributed by atoms with E-state index in [0.29, 0.717) is 19.6 Å². The highest BCUT2D eigenvalue weighted by atomic mass is 16.6. The quantitative estimate of drug-likeness (QED) is 0.869. The molecular weight excluding hydrogens is 306 g/mol. The second kappa shape index (κ2) is 6.07. The molecular formula is C19H19NO4. The van der Waals surface area contributed by atoms with Gasteiger partial charge in [0, 0.05) is 13.5 Å². The average Bonchev–Trinajstić information content (AvgIpc) is 3.05. The van der Waals surface area contributed by atoms with Crippen LogP contribution in [0.2, 0.25) is 0 Å². The van der Waals surface area contributed by atoms with Crippen LogP contribution in [-0.2, 0) is 11.2 Å². The molecule has 0 saturated carbocycles. The van der Waals surface area contributed by atoms with Crippen LogP contribution in [0.3, 0.4) is 0 Å². The molecule has 1 amide bonds. The number of likely N-dealkylation sites (N-methyl/N-ethyl adjacent to an activating group) is 1. The fourth-order valence-corrected chi connectivity index (χ4v) is 3.11. The maximum absolute atomic E-state index is 12.6. The molecule has 2 atom stereocenters. The summed E-state index contributed by atoms with van der Waals surface area (Å²) in [4.78, 5) is 14.3. The Morgan fingerprint density at radius 3 is 2.54 bits per heavy atom. The molecule has 0 spiro atoms. The highest BCUT2D eigenvalue weighted by Gasteiger charge is 2.32. The minimum Gasteiger partial charge on any atom is -0.486 e. The largest absolute Gasteiger partial charge is 0.486 e. The first kappa shape index (κ1) is 14.9. The van der Waals surface area contributed by atoms with Crippen molar-refractivity contribution in [3.8, 4) is 17.2 Å². The molecule has 0 saturated heterocycles. The van der Waals surface area contributed by atoms with Crippen molar-refractivity contribution in [1.82, 2.24) is 4.90 Å². The van der Waals surface area contributed by atoms with Crippen LogP contribution in [-0.4, -0.2) is 43.2 Å². The third-order valence-electron chi connectivity index (χ3n) is 4.34. The number of carbonyl (C=O) groups excluding carboxylic acids is 1. The van der Waals surface area contributed by atoms with Crippen molar-refractivity contribution in [3.63, 3.8) is 0 Å². The van der Waals surface area contributed by atoms with E-state index in [1.54, 1.807) is 11.9 Å². The van der Waals surface area contributed by atoms with Gasteiger partial charge in [-0.05, 0) is 23.8 Å². The highest BCUT2D eigenvalue weighted by Crippen LogP contribution is 2.31. The SMILES string of the molecule is CN(C[C@@H]1COc2ccccc2O1)C(=O)[C@@H]1Cc2ccccc2O1. The maximum Gasteiger partial charge on any atom is 0.263 e. The van der Waals surface area contributed by atoms with E-state index in [0.717, 1.165) is 22.8 Å². The summed E-state index contributed by atoms with van der Waals surface area (Å²) in [6, 6.07) is 15.3. The van der Waals surface area contributed by atoms with Gasteiger partial charge >= 0.3 is 0 Å². The number of carbonyl (C=O) groups is 1. The molecule has 2 aromatic rings. The Hall–Kier alpha value is -2.69. The van der Waals surface area contributed by atoms with E-state index >= 15 is 0 Å². The van der Waals surface area contributed by atoms with Crippen LogP contribution >= 0.6 is 0 Å². The third kappa shape index (κ3) is 2.77. The minimum atomic E-state index is -0.454. The molecule has 0 aliphatic carbocycles. The first-order valence-electron chi connectivity index (χ1n) is 8.09. The summed E-state index contributed by atoms with van der Waals surface area (Å²) in [5.41, 5.74) is 1.08. The molecule has 2 heterocycles. The molecule has 5 heteroatoms. The van der Waals surface area contributed by atoms with Gasteiger partial charge in [0.15, 0.2) is 23.7 Å². The third-order valence-corrected chi connectivity index (χ3v) is 4.34. The van der Waals surface area contributed by atoms with Crippen LogP contribution in [0.4, 0.5) is 0 Å². The van der Waals surface area contributed by atoms with Crippen molar-refractivity contribution in [1.29, 1.82) is 0 Å². The van der Waals surface area contributed by atoms with E-state index < -0.39 is 6.10 Å². The Labute approximate surface area is 140 Å². The van der Waals surface area contributed by atoms with Gasteiger partial charge in [0.2, 0.25) is 0 Å². The van der Waals surface area contributed by atoms with Crippen LogP contribution in [0, 0.1) is 0 Å². The Balaban J connectivity index is 1.37. The van der Waals surface area contributed by atoms with Gasteiger partial charge in [0.1, 0.15) is 12.4 Å². The first-order valence-corrected chi connectivity index (χ1v) is 8.09. The Morgan fingerprint density at radius 1 is 1.04 bits per heavy atom. The van der Waals surface area contributed by atoms with Crippen LogP contribution in [0.25, 0.3) is 0 Å². The monoisotopic (exact) mass is 325 g/mol. The zero-order valence-corrected chi connectivity index (χ0v) is 13.5. The zero-order valence-electron chi connectivity index (χ0n) is 13.5. The smallest absolute Gasteiger partial charge is 0.263 e. The molecule has 2 aliphatic heterocycles. The summed E-state index contributed by atoms with van der Waals surface area (Å²) in [7, 11) is 1.78. The molecule has 0 aromatic heterocycles. The van der Waals surface area contributed by atoms with Crippen LogP contribution in [0.1, 0.15) is 5.56 Å². The number of amides is 1. The lowest BCUT2D eigenvalue weighted by atomic mass is 10.1. The molecule has 0 N–H and O–H groups in total. The van der Waals surface area contributed by atoms with Crippen LogP contribution in [0.15, 0.2) is 48.5 Å². The van der Waals surface area contributed by atoms with E-state index in [9.17, 15) is 4.79 Å². The van der Waals surface area contributed by atoms with E-state index in [-0.39, 0.29) is 12.0 Å². The highest BCUT2D eigenvalue weighted by molar-refractivity contribution is 5.82. The molecule has 2 aliphatic rings. The molecule has 0 fully saturated rings. The van der Waals surface area contributed by atoms with E-state index in [1.807, 2.05) is 48.5 Å². The van der Waals surface area contributed by atoms with Crippen molar-refractivity contribution in [2.45, 2.75) is 18.6 Å². The maximum atomic E-state index is 12.6. The van der Waals surface area contributed by atoms with Gasteiger partial charge in [-0.3, -0.25) is 4.79 Å². The second-order valence-corrected chi connectivity index (χ2v) is 6.13. The number of hydrogen-bond acceptors (Lipinski definition) is 4. The fraction of sp³-hybridized carbons (Fsp3) is 0.316. The van der Waals surface area contributed by atoms with Crippen molar-refractivity contribution in [2.24, 2.45) is 0 Å². The van der Waals surface area contributed by atoms with Gasteiger partial charge in [0.25, 0.3) is 5.91 Å². The number of fused-ring (bicyclic) bond motifs is 2. The molecule has 124 valence electrons. The average molecular weight is 325 g/mol. The summed E-state index contributed by atoms with van der Waals surface area (Å²) < 4.78 is 17.4. The predicted molar refractivity (Wildman–Crippen MR) is 88.6 cm³/mol. The number of benzene rings is 2. The summed E-state index contributed by atoms with van der Waals surface area (Å²) in [6.45, 7) is 0.893. The van der Waals surface area contributed by atoms with Crippen molar-refractivity contribution in [2.75, 3.05) is 20.2 Å². The van der Waals surface area contributed by atoms with Crippen molar-refractivity contribution < 1.29 is 19.0 Å². The number of rotatable bonds is 3. The summed E-state index contributed by atoms with van der Waals surface area (Å²) in [6.07, 6.45) is -0.0219. The van der Waals surface area contributed by atoms with Crippen LogP contribution in [0.5, 0.6) is 17.2 Å². The molecule has 24 heavy (non-hydrogen) atoms. The lowest BCUT2D eigenvalue weighted by Crippen LogP contribution is -2.46. The normalized spacial score (nSPS) is 20.9. The van der Waals surface area contributed by atoms with E-state index in [4.69, 9.17) is 14.2 Å². The van der Waals surface area contributed by atoms with Gasteiger partial charge < -0.3 is 19.1 Å². The lowest BCUT2D eigenvalue weighted by molar-refractivity contribution is -0.138. The zero-order chi connectivity index (χ0) is 16.5. The Bertz CT molecular complexity index is 736. The van der Waals surface area contributed by atoms with Crippen molar-refractivity contribution in [3.05, 3.63) is 54.1 Å². The molecule has 0 unspecified atom stereocenters. The minimum absolute atomic E-state index is 0.0336. The Morgan fingerprint density at radius 2 is 1.75 bits per heavy atom. The predicted octanol–water partition coefficient (Wildman–Crippen LogP) is 2.29.